The predicted octanol–water partition coefficient (Wildman–Crippen LogP) is 5.97. The maximum absolute atomic E-state index is 11.7. The number of allylic oxidation sites excluding steroid dienone is 2. The van der Waals surface area contributed by atoms with Gasteiger partial charge in [0.2, 0.25) is 0 Å². The Kier molecular flexibility index (Phi) is 5.23. The van der Waals surface area contributed by atoms with Crippen LogP contribution in [-0.2, 0) is 0 Å². The number of hydrogen-bond donors (Lipinski definition) is 3. The minimum Gasteiger partial charge on any atom is -0.393 e. The second-order valence-corrected chi connectivity index (χ2v) is 14.8. The highest BCUT2D eigenvalue weighted by atomic mass is 16.3. The predicted molar refractivity (Wildman–Crippen MR) is 133 cm³/mol. The Labute approximate surface area is 202 Å². The second-order valence-electron chi connectivity index (χ2n) is 14.8. The fourth-order valence-corrected chi connectivity index (χ4v) is 10.9. The molecule has 0 saturated heterocycles. The minimum atomic E-state index is -0.472. The van der Waals surface area contributed by atoms with Crippen LogP contribution in [0.5, 0.6) is 0 Å². The second kappa shape index (κ2) is 7.10. The van der Waals surface area contributed by atoms with E-state index in [2.05, 4.69) is 61.5 Å². The Hall–Kier alpha value is -0.380. The molecule has 0 amide bonds. The van der Waals surface area contributed by atoms with Crippen molar-refractivity contribution in [2.45, 2.75) is 119 Å². The van der Waals surface area contributed by atoms with E-state index in [0.717, 1.165) is 32.1 Å². The molecule has 188 valence electrons. The van der Waals surface area contributed by atoms with Crippen molar-refractivity contribution >= 4 is 0 Å². The van der Waals surface area contributed by atoms with Crippen molar-refractivity contribution in [2.75, 3.05) is 0 Å². The van der Waals surface area contributed by atoms with E-state index in [-0.39, 0.29) is 33.7 Å². The molecule has 5 aliphatic rings. The Balaban J connectivity index is 1.63. The van der Waals surface area contributed by atoms with Crippen molar-refractivity contribution in [3.8, 4) is 0 Å². The van der Waals surface area contributed by atoms with Crippen molar-refractivity contribution in [3.63, 3.8) is 0 Å². The van der Waals surface area contributed by atoms with Crippen LogP contribution in [0.2, 0.25) is 0 Å². The van der Waals surface area contributed by atoms with Crippen LogP contribution in [0.4, 0.5) is 0 Å². The normalized spacial score (nSPS) is 60.0. The highest BCUT2D eigenvalue weighted by molar-refractivity contribution is 5.35. The van der Waals surface area contributed by atoms with E-state index in [0.29, 0.717) is 23.7 Å². The molecule has 0 bridgehead atoms. The zero-order valence-electron chi connectivity index (χ0n) is 22.5. The van der Waals surface area contributed by atoms with E-state index >= 15 is 0 Å². The molecule has 3 nitrogen and oxygen atoms in total. The summed E-state index contributed by atoms with van der Waals surface area (Å²) in [6.45, 7) is 19.0. The van der Waals surface area contributed by atoms with Gasteiger partial charge in [-0.05, 0) is 96.2 Å². The van der Waals surface area contributed by atoms with Gasteiger partial charge in [-0.3, -0.25) is 0 Å². The van der Waals surface area contributed by atoms with Crippen LogP contribution in [0.3, 0.4) is 0 Å². The standard InChI is InChI=1S/C30H50O3/c1-17-15-23(32)30(8)24(33)16-29(7)19(25(30)18(17)2)9-10-21-27(5)13-12-22(31)26(3,4)20(27)11-14-28(21,29)6/h9,17-18,20-25,31-33H,10-16H2,1-8H3/t17-,18+,20+,21-,22+,23-,24-,25+,27+,28-,29-,30-/m1/s1. The molecule has 3 N–H and O–H groups in total. The first-order valence-electron chi connectivity index (χ1n) is 13.9. The minimum absolute atomic E-state index is 0.0404. The van der Waals surface area contributed by atoms with Crippen LogP contribution in [-0.4, -0.2) is 33.6 Å². The molecular formula is C30H50O3. The van der Waals surface area contributed by atoms with Crippen molar-refractivity contribution in [1.82, 2.24) is 0 Å². The molecule has 5 rings (SSSR count). The third-order valence-corrected chi connectivity index (χ3v) is 13.6. The quantitative estimate of drug-likeness (QED) is 0.392. The lowest BCUT2D eigenvalue weighted by Gasteiger charge is -2.72. The molecule has 0 aromatic carbocycles. The lowest BCUT2D eigenvalue weighted by atomic mass is 9.33. The molecule has 4 fully saturated rings. The SMILES string of the molecule is C[C@H]1[C@H](C)C[C@@H](O)[C@]2(C)[C@H](O)C[C@]3(C)C(=CC[C@@H]4[C@@]5(C)CC[C@H](O)C(C)(C)[C@@H]5CC[C@]43C)[C@H]12. The zero-order chi connectivity index (χ0) is 24.4. The highest BCUT2D eigenvalue weighted by Crippen LogP contribution is 2.75. The molecule has 0 radical (unpaired) electrons. The first kappa shape index (κ1) is 24.3. The fraction of sp³-hybridized carbons (Fsp3) is 0.933. The molecule has 0 aromatic heterocycles. The molecule has 0 heterocycles. The Morgan fingerprint density at radius 2 is 1.48 bits per heavy atom. The fourth-order valence-electron chi connectivity index (χ4n) is 10.9. The van der Waals surface area contributed by atoms with E-state index in [4.69, 9.17) is 0 Å². The summed E-state index contributed by atoms with van der Waals surface area (Å²) in [4.78, 5) is 0. The summed E-state index contributed by atoms with van der Waals surface area (Å²) in [5, 5.41) is 33.9. The molecule has 4 saturated carbocycles. The number of aliphatic hydroxyl groups excluding tert-OH is 3. The molecule has 0 aromatic rings. The van der Waals surface area contributed by atoms with E-state index < -0.39 is 17.6 Å². The van der Waals surface area contributed by atoms with E-state index in [1.807, 2.05) is 0 Å². The van der Waals surface area contributed by atoms with Crippen molar-refractivity contribution < 1.29 is 15.3 Å². The highest BCUT2D eigenvalue weighted by Gasteiger charge is 2.70. The number of hydrogen-bond acceptors (Lipinski definition) is 3. The lowest BCUT2D eigenvalue weighted by Crippen LogP contribution is -2.68. The maximum Gasteiger partial charge on any atom is 0.0632 e. The molecule has 33 heavy (non-hydrogen) atoms. The number of fused-ring (bicyclic) bond motifs is 7. The van der Waals surface area contributed by atoms with Gasteiger partial charge >= 0.3 is 0 Å². The van der Waals surface area contributed by atoms with Crippen molar-refractivity contribution in [3.05, 3.63) is 11.6 Å². The van der Waals surface area contributed by atoms with E-state index in [9.17, 15) is 15.3 Å². The molecule has 0 aliphatic heterocycles. The van der Waals surface area contributed by atoms with Crippen LogP contribution in [0.15, 0.2) is 11.6 Å². The largest absolute Gasteiger partial charge is 0.393 e. The Morgan fingerprint density at radius 3 is 2.15 bits per heavy atom. The van der Waals surface area contributed by atoms with E-state index in [1.165, 1.54) is 12.8 Å². The van der Waals surface area contributed by atoms with Crippen LogP contribution in [0.25, 0.3) is 0 Å². The van der Waals surface area contributed by atoms with Gasteiger partial charge in [-0.1, -0.05) is 67.0 Å². The molecule has 12 atom stereocenters. The molecular weight excluding hydrogens is 408 g/mol. The summed E-state index contributed by atoms with van der Waals surface area (Å²) in [6, 6.07) is 0. The third-order valence-electron chi connectivity index (χ3n) is 13.6. The monoisotopic (exact) mass is 458 g/mol. The average molecular weight is 459 g/mol. The third kappa shape index (κ3) is 2.74. The molecule has 3 heteroatoms. The van der Waals surface area contributed by atoms with Gasteiger partial charge in [0, 0.05) is 5.41 Å². The van der Waals surface area contributed by atoms with Gasteiger partial charge in [-0.25, -0.2) is 0 Å². The van der Waals surface area contributed by atoms with Gasteiger partial charge in [-0.2, -0.15) is 0 Å². The summed E-state index contributed by atoms with van der Waals surface area (Å²) in [5.41, 5.74) is 1.38. The summed E-state index contributed by atoms with van der Waals surface area (Å²) in [6.07, 6.45) is 8.52. The molecule has 5 aliphatic carbocycles. The van der Waals surface area contributed by atoms with Crippen LogP contribution >= 0.6 is 0 Å². The lowest BCUT2D eigenvalue weighted by molar-refractivity contribution is -0.227. The van der Waals surface area contributed by atoms with Crippen LogP contribution in [0.1, 0.15) is 100 Å². The Morgan fingerprint density at radius 1 is 0.818 bits per heavy atom. The van der Waals surface area contributed by atoms with E-state index in [1.54, 1.807) is 5.57 Å². The average Bonchev–Trinajstić information content (AvgIpc) is 2.71. The Bertz CT molecular complexity index is 847. The maximum atomic E-state index is 11.7. The number of aliphatic hydroxyl groups is 3. The first-order valence-corrected chi connectivity index (χ1v) is 13.9. The van der Waals surface area contributed by atoms with Gasteiger partial charge in [-0.15, -0.1) is 0 Å². The van der Waals surface area contributed by atoms with Crippen molar-refractivity contribution in [1.29, 1.82) is 0 Å². The smallest absolute Gasteiger partial charge is 0.0632 e. The summed E-state index contributed by atoms with van der Waals surface area (Å²) in [5.74, 6) is 2.29. The summed E-state index contributed by atoms with van der Waals surface area (Å²) in [7, 11) is 0. The van der Waals surface area contributed by atoms with Crippen LogP contribution < -0.4 is 0 Å². The summed E-state index contributed by atoms with van der Waals surface area (Å²) >= 11 is 0. The van der Waals surface area contributed by atoms with Crippen molar-refractivity contribution in [2.24, 2.45) is 56.7 Å². The van der Waals surface area contributed by atoms with Gasteiger partial charge in [0.15, 0.2) is 0 Å². The van der Waals surface area contributed by atoms with Crippen LogP contribution in [0, 0.1) is 56.7 Å². The first-order chi connectivity index (χ1) is 15.2. The number of rotatable bonds is 0. The summed E-state index contributed by atoms with van der Waals surface area (Å²) < 4.78 is 0. The topological polar surface area (TPSA) is 60.7 Å². The van der Waals surface area contributed by atoms with Gasteiger partial charge in [0.1, 0.15) is 0 Å². The molecule has 0 unspecified atom stereocenters. The van der Waals surface area contributed by atoms with Gasteiger partial charge in [0.05, 0.1) is 18.3 Å². The zero-order valence-corrected chi connectivity index (χ0v) is 22.5. The molecule has 0 spiro atoms. The van der Waals surface area contributed by atoms with Gasteiger partial charge in [0.25, 0.3) is 0 Å². The van der Waals surface area contributed by atoms with Gasteiger partial charge < -0.3 is 15.3 Å².